The quantitative estimate of drug-likeness (QED) is 0.615. The van der Waals surface area contributed by atoms with Gasteiger partial charge in [-0.05, 0) is 44.0 Å². The molecule has 1 aliphatic heterocycles. The highest BCUT2D eigenvalue weighted by Crippen LogP contribution is 2.34. The van der Waals surface area contributed by atoms with Gasteiger partial charge in [-0.1, -0.05) is 11.6 Å². The lowest BCUT2D eigenvalue weighted by molar-refractivity contribution is -0.137. The van der Waals surface area contributed by atoms with E-state index in [1.165, 1.54) is 10.7 Å². The van der Waals surface area contributed by atoms with Crippen molar-refractivity contribution in [3.05, 3.63) is 59.0 Å². The lowest BCUT2D eigenvalue weighted by Crippen LogP contribution is -2.39. The van der Waals surface area contributed by atoms with Gasteiger partial charge in [-0.25, -0.2) is 14.6 Å². The number of alkyl halides is 3. The molecule has 1 fully saturated rings. The molecule has 0 bridgehead atoms. The Morgan fingerprint density at radius 1 is 1.16 bits per heavy atom. The number of aryl methyl sites for hydroxylation is 1. The first-order valence-corrected chi connectivity index (χ1v) is 10.4. The molecular weight excluding hydrogens is 445 g/mol. The zero-order valence-electron chi connectivity index (χ0n) is 17.1. The number of anilines is 2. The fraction of sp³-hybridized carbons (Fsp3) is 0.333. The van der Waals surface area contributed by atoms with Crippen LogP contribution >= 0.6 is 11.6 Å². The van der Waals surface area contributed by atoms with E-state index < -0.39 is 11.7 Å². The maximum Gasteiger partial charge on any atom is 0.416 e. The number of nitrogens with zero attached hydrogens (tertiary/aromatic N) is 5. The number of aromatic nitrogens is 4. The number of hydrogen-bond acceptors (Lipinski definition) is 5. The van der Waals surface area contributed by atoms with Gasteiger partial charge < -0.3 is 10.2 Å². The number of carbonyl (C=O) groups is 1. The molecular formula is C21H20ClF3N6O. The number of hydrogen-bond donors (Lipinski definition) is 1. The van der Waals surface area contributed by atoms with Gasteiger partial charge in [-0.3, -0.25) is 4.79 Å². The van der Waals surface area contributed by atoms with Gasteiger partial charge in [0.1, 0.15) is 5.82 Å². The predicted octanol–water partition coefficient (Wildman–Crippen LogP) is 4.50. The number of halogens is 4. The molecule has 2 aromatic heterocycles. The maximum atomic E-state index is 13.2. The molecule has 0 spiro atoms. The van der Waals surface area contributed by atoms with Crippen LogP contribution in [0, 0.1) is 12.8 Å². The van der Waals surface area contributed by atoms with E-state index >= 15 is 0 Å². The van der Waals surface area contributed by atoms with Gasteiger partial charge in [0.05, 0.1) is 22.0 Å². The van der Waals surface area contributed by atoms with Gasteiger partial charge in [0.2, 0.25) is 11.9 Å². The van der Waals surface area contributed by atoms with Gasteiger partial charge in [0, 0.05) is 37.5 Å². The Kier molecular flexibility index (Phi) is 6.05. The average Bonchev–Trinajstić information content (AvgIpc) is 3.13. The van der Waals surface area contributed by atoms with Crippen LogP contribution in [0.1, 0.15) is 24.1 Å². The molecule has 168 valence electrons. The second-order valence-electron chi connectivity index (χ2n) is 7.55. The van der Waals surface area contributed by atoms with Crippen molar-refractivity contribution in [2.24, 2.45) is 5.92 Å². The van der Waals surface area contributed by atoms with E-state index in [0.29, 0.717) is 37.6 Å². The van der Waals surface area contributed by atoms with E-state index in [9.17, 15) is 18.0 Å². The van der Waals surface area contributed by atoms with Gasteiger partial charge in [-0.2, -0.15) is 18.3 Å². The summed E-state index contributed by atoms with van der Waals surface area (Å²) in [6.45, 7) is 2.94. The highest BCUT2D eigenvalue weighted by molar-refractivity contribution is 6.32. The van der Waals surface area contributed by atoms with Crippen LogP contribution in [0.15, 0.2) is 42.7 Å². The minimum Gasteiger partial charge on any atom is -0.341 e. The molecule has 0 aliphatic carbocycles. The molecule has 0 atom stereocenters. The third kappa shape index (κ3) is 4.69. The van der Waals surface area contributed by atoms with Crippen molar-refractivity contribution in [2.75, 3.05) is 23.3 Å². The summed E-state index contributed by atoms with van der Waals surface area (Å²) in [7, 11) is 0. The highest BCUT2D eigenvalue weighted by atomic mass is 35.5. The summed E-state index contributed by atoms with van der Waals surface area (Å²) in [6.07, 6.45) is 0.0114. The first-order chi connectivity index (χ1) is 15.2. The number of benzene rings is 1. The van der Waals surface area contributed by atoms with E-state index in [1.807, 2.05) is 4.90 Å². The zero-order valence-corrected chi connectivity index (χ0v) is 17.9. The van der Waals surface area contributed by atoms with Crippen molar-refractivity contribution >= 4 is 29.3 Å². The largest absolute Gasteiger partial charge is 0.416 e. The van der Waals surface area contributed by atoms with E-state index in [-0.39, 0.29) is 28.4 Å². The minimum atomic E-state index is -4.53. The van der Waals surface area contributed by atoms with Crippen molar-refractivity contribution in [3.8, 4) is 5.69 Å². The van der Waals surface area contributed by atoms with Crippen LogP contribution in [0.5, 0.6) is 0 Å². The molecule has 1 aromatic carbocycles. The normalized spacial score (nSPS) is 15.1. The Hall–Kier alpha value is -3.14. The topological polar surface area (TPSA) is 75.9 Å². The highest BCUT2D eigenvalue weighted by Gasteiger charge is 2.32. The van der Waals surface area contributed by atoms with Gasteiger partial charge in [-0.15, -0.1) is 0 Å². The smallest absolute Gasteiger partial charge is 0.341 e. The lowest BCUT2D eigenvalue weighted by atomic mass is 9.96. The first-order valence-electron chi connectivity index (χ1n) is 9.99. The van der Waals surface area contributed by atoms with Crippen LogP contribution in [-0.2, 0) is 11.0 Å². The van der Waals surface area contributed by atoms with Crippen LogP contribution in [0.25, 0.3) is 5.69 Å². The lowest BCUT2D eigenvalue weighted by Gasteiger charge is -2.31. The van der Waals surface area contributed by atoms with Crippen LogP contribution in [0.4, 0.5) is 24.9 Å². The van der Waals surface area contributed by atoms with E-state index in [2.05, 4.69) is 20.4 Å². The second-order valence-corrected chi connectivity index (χ2v) is 7.95. The molecule has 0 unspecified atom stereocenters. The van der Waals surface area contributed by atoms with Gasteiger partial charge in [0.15, 0.2) is 0 Å². The maximum absolute atomic E-state index is 13.2. The number of nitrogens with one attached hydrogen (secondary N) is 1. The molecule has 11 heteroatoms. The third-order valence-electron chi connectivity index (χ3n) is 5.29. The monoisotopic (exact) mass is 464 g/mol. The summed E-state index contributed by atoms with van der Waals surface area (Å²) in [4.78, 5) is 23.4. The fourth-order valence-electron chi connectivity index (χ4n) is 3.65. The Labute approximate surface area is 187 Å². The van der Waals surface area contributed by atoms with E-state index in [1.54, 1.807) is 31.5 Å². The second kappa shape index (κ2) is 8.78. The molecule has 1 N–H and O–H groups in total. The third-order valence-corrected chi connectivity index (χ3v) is 5.60. The molecule has 1 aliphatic rings. The fourth-order valence-corrected chi connectivity index (χ4v) is 3.85. The summed E-state index contributed by atoms with van der Waals surface area (Å²) < 4.78 is 40.8. The van der Waals surface area contributed by atoms with Gasteiger partial charge >= 0.3 is 6.18 Å². The minimum absolute atomic E-state index is 0.0425. The Morgan fingerprint density at radius 3 is 2.50 bits per heavy atom. The number of rotatable bonds is 4. The molecule has 3 heterocycles. The van der Waals surface area contributed by atoms with Crippen LogP contribution in [-0.4, -0.2) is 38.7 Å². The molecule has 3 aromatic rings. The van der Waals surface area contributed by atoms with Crippen LogP contribution in [0.2, 0.25) is 5.02 Å². The first kappa shape index (κ1) is 22.1. The van der Waals surface area contributed by atoms with Crippen molar-refractivity contribution in [1.29, 1.82) is 0 Å². The molecule has 0 radical (unpaired) electrons. The predicted molar refractivity (Wildman–Crippen MR) is 114 cm³/mol. The van der Waals surface area contributed by atoms with Crippen LogP contribution < -0.4 is 10.2 Å². The van der Waals surface area contributed by atoms with Crippen molar-refractivity contribution in [1.82, 2.24) is 19.7 Å². The number of carbonyl (C=O) groups excluding carboxylic acids is 1. The van der Waals surface area contributed by atoms with E-state index in [0.717, 1.165) is 12.1 Å². The Bertz CT molecular complexity index is 1110. The summed E-state index contributed by atoms with van der Waals surface area (Å²) in [5.41, 5.74) is -0.274. The average molecular weight is 465 g/mol. The van der Waals surface area contributed by atoms with Crippen molar-refractivity contribution in [2.45, 2.75) is 25.9 Å². The molecule has 0 saturated carbocycles. The standard InChI is InChI=1S/C21H20ClF3N6O/c1-13-11-18(31(29-13)17-12-15(21(23,24)25)3-4-16(17)22)28-19(32)14-5-9-30(10-6-14)20-26-7-2-8-27-20/h2-4,7-8,11-12,14H,5-6,9-10H2,1H3,(H,28,32). The molecule has 1 amide bonds. The van der Waals surface area contributed by atoms with Crippen molar-refractivity contribution in [3.63, 3.8) is 0 Å². The van der Waals surface area contributed by atoms with Gasteiger partial charge in [0.25, 0.3) is 0 Å². The SMILES string of the molecule is Cc1cc(NC(=O)C2CCN(c3ncccn3)CC2)n(-c2cc(C(F)(F)F)ccc2Cl)n1. The number of amides is 1. The van der Waals surface area contributed by atoms with E-state index in [4.69, 9.17) is 11.6 Å². The Morgan fingerprint density at radius 2 is 1.84 bits per heavy atom. The molecule has 1 saturated heterocycles. The summed E-state index contributed by atoms with van der Waals surface area (Å²) >= 11 is 6.16. The Balaban J connectivity index is 1.50. The molecule has 32 heavy (non-hydrogen) atoms. The summed E-state index contributed by atoms with van der Waals surface area (Å²) in [5.74, 6) is 0.417. The summed E-state index contributed by atoms with van der Waals surface area (Å²) in [6, 6.07) is 6.34. The molecule has 7 nitrogen and oxygen atoms in total. The summed E-state index contributed by atoms with van der Waals surface area (Å²) in [5, 5.41) is 7.14. The zero-order chi connectivity index (χ0) is 22.9. The molecule has 4 rings (SSSR count). The van der Waals surface area contributed by atoms with Crippen LogP contribution in [0.3, 0.4) is 0 Å². The van der Waals surface area contributed by atoms with Crippen molar-refractivity contribution < 1.29 is 18.0 Å². The number of piperidine rings is 1.